The van der Waals surface area contributed by atoms with Gasteiger partial charge in [-0.1, -0.05) is 0 Å². The Morgan fingerprint density at radius 3 is 2.40 bits per heavy atom. The van der Waals surface area contributed by atoms with Crippen molar-refractivity contribution in [1.29, 1.82) is 0 Å². The average Bonchev–Trinajstić information content (AvgIpc) is 2.57. The van der Waals surface area contributed by atoms with Crippen LogP contribution < -0.4 is 0 Å². The van der Waals surface area contributed by atoms with Crippen LogP contribution in [-0.2, 0) is 4.74 Å². The maximum absolute atomic E-state index is 9.65. The second-order valence-electron chi connectivity index (χ2n) is 3.37. The summed E-state index contributed by atoms with van der Waals surface area (Å²) in [5.74, 6) is 0.306. The van der Waals surface area contributed by atoms with E-state index in [0.29, 0.717) is 5.82 Å². The van der Waals surface area contributed by atoms with Crippen LogP contribution in [0.15, 0.2) is 18.5 Å². The minimum Gasteiger partial charge on any atom is -0.394 e. The average molecular weight is 212 g/mol. The van der Waals surface area contributed by atoms with Gasteiger partial charge in [-0.05, 0) is 6.07 Å². The molecular formula is C9H12N2O4. The fraction of sp³-hybridized carbons (Fsp3) is 0.556. The van der Waals surface area contributed by atoms with E-state index in [1.165, 1.54) is 12.4 Å². The molecule has 0 spiro atoms. The zero-order chi connectivity index (χ0) is 10.8. The predicted molar refractivity (Wildman–Crippen MR) is 48.7 cm³/mol. The van der Waals surface area contributed by atoms with Crippen molar-refractivity contribution in [3.05, 3.63) is 24.3 Å². The van der Waals surface area contributed by atoms with Crippen molar-refractivity contribution in [1.82, 2.24) is 9.97 Å². The fourth-order valence-electron chi connectivity index (χ4n) is 1.57. The largest absolute Gasteiger partial charge is 0.394 e. The summed E-state index contributed by atoms with van der Waals surface area (Å²) in [6, 6.07) is 1.64. The molecule has 1 aromatic heterocycles. The van der Waals surface area contributed by atoms with E-state index in [9.17, 15) is 10.2 Å². The lowest BCUT2D eigenvalue weighted by Gasteiger charge is -2.12. The Labute approximate surface area is 86.2 Å². The van der Waals surface area contributed by atoms with E-state index in [4.69, 9.17) is 9.84 Å². The molecule has 2 heterocycles. The topological polar surface area (TPSA) is 95.7 Å². The van der Waals surface area contributed by atoms with Crippen molar-refractivity contribution < 1.29 is 20.1 Å². The molecule has 1 aliphatic rings. The zero-order valence-corrected chi connectivity index (χ0v) is 7.89. The summed E-state index contributed by atoms with van der Waals surface area (Å²) in [5.41, 5.74) is 0. The van der Waals surface area contributed by atoms with Crippen molar-refractivity contribution in [3.8, 4) is 0 Å². The van der Waals surface area contributed by atoms with Crippen LogP contribution in [0.1, 0.15) is 11.9 Å². The molecular weight excluding hydrogens is 200 g/mol. The standard InChI is InChI=1S/C9H12N2O4/c12-4-5-6(13)7(14)8(15-5)9-10-2-1-3-11-9/h1-3,5-8,12-14H,4H2/t5-,6-,7+,8-/m1/s1. The van der Waals surface area contributed by atoms with Crippen molar-refractivity contribution in [2.24, 2.45) is 0 Å². The van der Waals surface area contributed by atoms with E-state index in [1.54, 1.807) is 6.07 Å². The van der Waals surface area contributed by atoms with Crippen molar-refractivity contribution in [2.75, 3.05) is 6.61 Å². The molecule has 82 valence electrons. The smallest absolute Gasteiger partial charge is 0.159 e. The Hall–Kier alpha value is -1.08. The van der Waals surface area contributed by atoms with Gasteiger partial charge in [-0.15, -0.1) is 0 Å². The molecule has 0 amide bonds. The van der Waals surface area contributed by atoms with E-state index < -0.39 is 24.4 Å². The first kappa shape index (κ1) is 10.4. The van der Waals surface area contributed by atoms with Gasteiger partial charge in [0.1, 0.15) is 24.4 Å². The first-order chi connectivity index (χ1) is 7.24. The summed E-state index contributed by atoms with van der Waals surface area (Å²) in [5, 5.41) is 28.0. The van der Waals surface area contributed by atoms with Gasteiger partial charge in [-0.2, -0.15) is 0 Å². The monoisotopic (exact) mass is 212 g/mol. The number of nitrogens with zero attached hydrogens (tertiary/aromatic N) is 2. The molecule has 0 saturated carbocycles. The highest BCUT2D eigenvalue weighted by Gasteiger charge is 2.44. The third-order valence-corrected chi connectivity index (χ3v) is 2.38. The molecule has 6 heteroatoms. The lowest BCUT2D eigenvalue weighted by Crippen LogP contribution is -2.32. The van der Waals surface area contributed by atoms with Crippen LogP contribution in [0.3, 0.4) is 0 Å². The van der Waals surface area contributed by atoms with E-state index in [-0.39, 0.29) is 6.61 Å². The second-order valence-corrected chi connectivity index (χ2v) is 3.37. The molecule has 2 rings (SSSR count). The molecule has 1 aromatic rings. The molecule has 0 aromatic carbocycles. The van der Waals surface area contributed by atoms with Crippen LogP contribution in [0.2, 0.25) is 0 Å². The number of ether oxygens (including phenoxy) is 1. The summed E-state index contributed by atoms with van der Waals surface area (Å²) in [4.78, 5) is 7.85. The number of aliphatic hydroxyl groups excluding tert-OH is 3. The fourth-order valence-corrected chi connectivity index (χ4v) is 1.57. The Balaban J connectivity index is 2.19. The van der Waals surface area contributed by atoms with Gasteiger partial charge in [0.05, 0.1) is 6.61 Å². The minimum atomic E-state index is -1.11. The van der Waals surface area contributed by atoms with Crippen molar-refractivity contribution in [3.63, 3.8) is 0 Å². The highest BCUT2D eigenvalue weighted by atomic mass is 16.6. The van der Waals surface area contributed by atoms with Gasteiger partial charge in [0.25, 0.3) is 0 Å². The summed E-state index contributed by atoms with van der Waals surface area (Å²) < 4.78 is 5.25. The first-order valence-electron chi connectivity index (χ1n) is 4.63. The van der Waals surface area contributed by atoms with Gasteiger partial charge in [0.2, 0.25) is 0 Å². The van der Waals surface area contributed by atoms with Gasteiger partial charge in [-0.3, -0.25) is 0 Å². The molecule has 1 aliphatic heterocycles. The molecule has 0 radical (unpaired) electrons. The number of aromatic nitrogens is 2. The quantitative estimate of drug-likeness (QED) is 0.560. The highest BCUT2D eigenvalue weighted by molar-refractivity contribution is 5.02. The van der Waals surface area contributed by atoms with Gasteiger partial charge in [0, 0.05) is 12.4 Å². The van der Waals surface area contributed by atoms with Gasteiger partial charge < -0.3 is 20.1 Å². The third-order valence-electron chi connectivity index (χ3n) is 2.38. The Morgan fingerprint density at radius 1 is 1.20 bits per heavy atom. The molecule has 4 atom stereocenters. The summed E-state index contributed by atoms with van der Waals surface area (Å²) in [6.45, 7) is -0.346. The Kier molecular flexibility index (Phi) is 2.92. The lowest BCUT2D eigenvalue weighted by atomic mass is 10.1. The Morgan fingerprint density at radius 2 is 1.87 bits per heavy atom. The summed E-state index contributed by atoms with van der Waals surface area (Å²) in [7, 11) is 0. The molecule has 15 heavy (non-hydrogen) atoms. The molecule has 0 aliphatic carbocycles. The molecule has 6 nitrogen and oxygen atoms in total. The number of aliphatic hydroxyl groups is 3. The zero-order valence-electron chi connectivity index (χ0n) is 7.89. The van der Waals surface area contributed by atoms with E-state index in [1.807, 2.05) is 0 Å². The van der Waals surface area contributed by atoms with Crippen LogP contribution >= 0.6 is 0 Å². The van der Waals surface area contributed by atoms with Gasteiger partial charge >= 0.3 is 0 Å². The van der Waals surface area contributed by atoms with Crippen LogP contribution in [0.5, 0.6) is 0 Å². The predicted octanol–water partition coefficient (Wildman–Crippen LogP) is -1.37. The summed E-state index contributed by atoms with van der Waals surface area (Å²) >= 11 is 0. The third kappa shape index (κ3) is 1.84. The minimum absolute atomic E-state index is 0.306. The molecule has 1 fully saturated rings. The SMILES string of the molecule is OC[C@H]1O[C@@H](c2ncccn2)[C@@H](O)[C@@H]1O. The van der Waals surface area contributed by atoms with Crippen molar-refractivity contribution >= 4 is 0 Å². The van der Waals surface area contributed by atoms with Crippen LogP contribution in [0.4, 0.5) is 0 Å². The number of hydrogen-bond donors (Lipinski definition) is 3. The lowest BCUT2D eigenvalue weighted by molar-refractivity contribution is -0.0253. The maximum atomic E-state index is 9.65. The molecule has 0 bridgehead atoms. The summed E-state index contributed by atoms with van der Waals surface area (Å²) in [6.07, 6.45) is -0.728. The van der Waals surface area contributed by atoms with Crippen molar-refractivity contribution in [2.45, 2.75) is 24.4 Å². The number of hydrogen-bond acceptors (Lipinski definition) is 6. The van der Waals surface area contributed by atoms with Crippen LogP contribution in [0, 0.1) is 0 Å². The van der Waals surface area contributed by atoms with Gasteiger partial charge in [-0.25, -0.2) is 9.97 Å². The highest BCUT2D eigenvalue weighted by Crippen LogP contribution is 2.31. The molecule has 1 saturated heterocycles. The second kappa shape index (κ2) is 4.19. The van der Waals surface area contributed by atoms with E-state index in [0.717, 1.165) is 0 Å². The van der Waals surface area contributed by atoms with Crippen LogP contribution in [0.25, 0.3) is 0 Å². The van der Waals surface area contributed by atoms with E-state index >= 15 is 0 Å². The molecule has 3 N–H and O–H groups in total. The first-order valence-corrected chi connectivity index (χ1v) is 4.63. The van der Waals surface area contributed by atoms with Crippen LogP contribution in [-0.4, -0.2) is 50.2 Å². The van der Waals surface area contributed by atoms with E-state index in [2.05, 4.69) is 9.97 Å². The Bertz CT molecular complexity index is 321. The maximum Gasteiger partial charge on any atom is 0.159 e. The van der Waals surface area contributed by atoms with Gasteiger partial charge in [0.15, 0.2) is 5.82 Å². The molecule has 0 unspecified atom stereocenters. The normalized spacial score (nSPS) is 35.7. The number of rotatable bonds is 2.